The maximum Gasteiger partial charge on any atom is 0.472 e. The van der Waals surface area contributed by atoms with Gasteiger partial charge in [-0.3, -0.25) is 13.8 Å². The predicted molar refractivity (Wildman–Crippen MR) is 276 cm³/mol. The van der Waals surface area contributed by atoms with Crippen molar-refractivity contribution in [2.75, 3.05) is 40.9 Å². The maximum atomic E-state index is 12.9. The summed E-state index contributed by atoms with van der Waals surface area (Å²) in [5.74, 6) is -0.191. The summed E-state index contributed by atoms with van der Waals surface area (Å²) in [6.45, 7) is 4.73. The molecule has 0 fully saturated rings. The van der Waals surface area contributed by atoms with Gasteiger partial charge in [-0.1, -0.05) is 207 Å². The molecule has 0 spiro atoms. The Hall–Kier alpha value is -2.58. The lowest BCUT2D eigenvalue weighted by atomic mass is 10.0. The van der Waals surface area contributed by atoms with Gasteiger partial charge in [0.15, 0.2) is 0 Å². The molecule has 64 heavy (non-hydrogen) atoms. The number of quaternary nitrogens is 1. The van der Waals surface area contributed by atoms with Crippen LogP contribution in [0.5, 0.6) is 0 Å². The minimum atomic E-state index is -4.34. The number of unbranched alkanes of at least 4 members (excludes halogenated alkanes) is 16. The Morgan fingerprint density at radius 3 is 1.34 bits per heavy atom. The number of amides is 1. The molecular formula is C55H98N2O6P+. The lowest BCUT2D eigenvalue weighted by Crippen LogP contribution is -2.46. The quantitative estimate of drug-likeness (QED) is 0.0243. The number of hydrogen-bond acceptors (Lipinski definition) is 5. The number of carbonyl (C=O) groups is 1. The van der Waals surface area contributed by atoms with Gasteiger partial charge in [-0.25, -0.2) is 4.57 Å². The van der Waals surface area contributed by atoms with Gasteiger partial charge >= 0.3 is 7.82 Å². The summed E-state index contributed by atoms with van der Waals surface area (Å²) in [5.41, 5.74) is 0. The Bertz CT molecular complexity index is 1360. The maximum absolute atomic E-state index is 12.9. The molecule has 0 radical (unpaired) electrons. The zero-order valence-electron chi connectivity index (χ0n) is 41.7. The number of likely N-dealkylation sites (N-methyl/N-ethyl adjacent to an activating group) is 1. The molecule has 0 aromatic heterocycles. The third-order valence-electron chi connectivity index (χ3n) is 10.8. The van der Waals surface area contributed by atoms with Gasteiger partial charge in [0.2, 0.25) is 5.91 Å². The molecule has 0 heterocycles. The lowest BCUT2D eigenvalue weighted by Gasteiger charge is -2.26. The van der Waals surface area contributed by atoms with Crippen LogP contribution in [0, 0.1) is 0 Å². The van der Waals surface area contributed by atoms with Gasteiger partial charge in [0.25, 0.3) is 0 Å². The summed E-state index contributed by atoms with van der Waals surface area (Å²) in [4.78, 5) is 23.2. The summed E-state index contributed by atoms with van der Waals surface area (Å²) in [6, 6.07) is -0.791. The molecule has 9 heteroatoms. The van der Waals surface area contributed by atoms with Crippen LogP contribution in [0.15, 0.2) is 97.2 Å². The number of aliphatic hydroxyl groups is 1. The van der Waals surface area contributed by atoms with Gasteiger partial charge in [-0.2, -0.15) is 0 Å². The first-order valence-electron chi connectivity index (χ1n) is 25.6. The molecule has 0 aliphatic heterocycles. The molecule has 3 N–H and O–H groups in total. The van der Waals surface area contributed by atoms with Crippen LogP contribution in [-0.2, 0) is 18.4 Å². The topological polar surface area (TPSA) is 105 Å². The van der Waals surface area contributed by atoms with Crippen LogP contribution in [0.4, 0.5) is 0 Å². The van der Waals surface area contributed by atoms with Crippen LogP contribution in [0.2, 0.25) is 0 Å². The van der Waals surface area contributed by atoms with E-state index in [2.05, 4.69) is 116 Å². The SMILES string of the molecule is CC/C=C\C/C=C\C/C=C\C/C=C\C/C=C\C/C=C\C/C=C\C/C=C\CCCCC(=O)NC(COP(=O)(O)OCC[N+](C)(C)C)C(O)CCCCCCCCCCCCCCCCC. The fourth-order valence-electron chi connectivity index (χ4n) is 6.83. The Morgan fingerprint density at radius 1 is 0.547 bits per heavy atom. The van der Waals surface area contributed by atoms with Crippen molar-refractivity contribution >= 4 is 13.7 Å². The van der Waals surface area contributed by atoms with Crippen molar-refractivity contribution in [1.82, 2.24) is 5.32 Å². The zero-order valence-corrected chi connectivity index (χ0v) is 42.6. The third-order valence-corrected chi connectivity index (χ3v) is 11.8. The molecule has 0 aliphatic rings. The number of allylic oxidation sites excluding steroid dienone is 16. The van der Waals surface area contributed by atoms with E-state index in [1.165, 1.54) is 77.0 Å². The first kappa shape index (κ1) is 61.4. The van der Waals surface area contributed by atoms with Gasteiger partial charge in [0.1, 0.15) is 13.2 Å². The van der Waals surface area contributed by atoms with Gasteiger partial charge in [0, 0.05) is 6.42 Å². The zero-order chi connectivity index (χ0) is 47.1. The number of aliphatic hydroxyl groups excluding tert-OH is 1. The Kier molecular flexibility index (Phi) is 43.7. The van der Waals surface area contributed by atoms with Gasteiger partial charge in [-0.15, -0.1) is 0 Å². The van der Waals surface area contributed by atoms with Crippen LogP contribution in [-0.4, -0.2) is 73.4 Å². The highest BCUT2D eigenvalue weighted by Gasteiger charge is 2.28. The molecule has 368 valence electrons. The van der Waals surface area contributed by atoms with Crippen LogP contribution in [0.1, 0.15) is 194 Å². The number of hydrogen-bond donors (Lipinski definition) is 3. The second-order valence-corrected chi connectivity index (χ2v) is 19.6. The van der Waals surface area contributed by atoms with Crippen LogP contribution >= 0.6 is 7.82 Å². The Labute approximate surface area is 394 Å². The number of carbonyl (C=O) groups excluding carboxylic acids is 1. The molecule has 0 aromatic rings. The van der Waals surface area contributed by atoms with Crippen LogP contribution in [0.3, 0.4) is 0 Å². The largest absolute Gasteiger partial charge is 0.472 e. The minimum Gasteiger partial charge on any atom is -0.391 e. The average molecular weight is 914 g/mol. The minimum absolute atomic E-state index is 0.0606. The molecule has 3 atom stereocenters. The van der Waals surface area contributed by atoms with Gasteiger partial charge in [0.05, 0.1) is 39.9 Å². The molecule has 1 amide bonds. The molecule has 0 rings (SSSR count). The first-order chi connectivity index (χ1) is 31.0. The molecule has 0 aliphatic carbocycles. The Balaban J connectivity index is 4.38. The van der Waals surface area contributed by atoms with Crippen molar-refractivity contribution in [3.63, 3.8) is 0 Å². The third kappa shape index (κ3) is 47.4. The average Bonchev–Trinajstić information content (AvgIpc) is 3.25. The van der Waals surface area contributed by atoms with E-state index in [1.54, 1.807) is 0 Å². The second-order valence-electron chi connectivity index (χ2n) is 18.2. The summed E-state index contributed by atoms with van der Waals surface area (Å²) < 4.78 is 23.7. The number of phosphoric acid groups is 1. The van der Waals surface area contributed by atoms with Crippen molar-refractivity contribution in [3.05, 3.63) is 97.2 Å². The van der Waals surface area contributed by atoms with Crippen molar-refractivity contribution in [1.29, 1.82) is 0 Å². The fourth-order valence-corrected chi connectivity index (χ4v) is 7.56. The van der Waals surface area contributed by atoms with E-state index in [4.69, 9.17) is 9.05 Å². The van der Waals surface area contributed by atoms with Crippen molar-refractivity contribution in [3.8, 4) is 0 Å². The number of nitrogens with zero attached hydrogens (tertiary/aromatic N) is 1. The van der Waals surface area contributed by atoms with E-state index in [0.717, 1.165) is 83.5 Å². The summed E-state index contributed by atoms with van der Waals surface area (Å²) >= 11 is 0. The molecule has 0 bridgehead atoms. The standard InChI is InChI=1S/C55H97N2O6P/c1-6-8-10-12-14-16-18-20-22-23-24-25-26-27-28-29-30-31-32-33-35-37-39-41-43-45-47-49-55(59)56-53(52-63-64(60,61)62-51-50-57(3,4)5)54(58)48-46-44-42-40-38-36-34-21-19-17-15-13-11-9-7-2/h8,10,14,16,20,22,24-25,27-28,30-31,33,35,39,41,53-54,58H,6-7,9,11-13,15,17-19,21,23,26,29,32,34,36-38,40,42-52H2,1-5H3,(H-,56,59,60,61)/p+1/b10-8-,16-14-,22-20-,25-24-,28-27-,31-30-,35-33-,41-39-. The van der Waals surface area contributed by atoms with Crippen molar-refractivity contribution in [2.24, 2.45) is 0 Å². The van der Waals surface area contributed by atoms with Gasteiger partial charge < -0.3 is 19.8 Å². The number of phosphoric ester groups is 1. The summed E-state index contributed by atoms with van der Waals surface area (Å²) in [6.07, 6.45) is 64.5. The first-order valence-corrected chi connectivity index (χ1v) is 27.1. The van der Waals surface area contributed by atoms with Crippen molar-refractivity contribution in [2.45, 2.75) is 206 Å². The molecular weight excluding hydrogens is 816 g/mol. The smallest absolute Gasteiger partial charge is 0.391 e. The summed E-state index contributed by atoms with van der Waals surface area (Å²) in [7, 11) is 1.57. The highest BCUT2D eigenvalue weighted by molar-refractivity contribution is 7.47. The van der Waals surface area contributed by atoms with E-state index in [9.17, 15) is 19.4 Å². The normalized spacial score (nSPS) is 14.9. The van der Waals surface area contributed by atoms with Crippen molar-refractivity contribution < 1.29 is 32.9 Å². The van der Waals surface area contributed by atoms with Crippen LogP contribution in [0.25, 0.3) is 0 Å². The number of nitrogens with one attached hydrogen (secondary N) is 1. The highest BCUT2D eigenvalue weighted by Crippen LogP contribution is 2.43. The predicted octanol–water partition coefficient (Wildman–Crippen LogP) is 15.1. The van der Waals surface area contributed by atoms with E-state index in [-0.39, 0.29) is 19.1 Å². The van der Waals surface area contributed by atoms with Crippen LogP contribution < -0.4 is 5.32 Å². The second kappa shape index (κ2) is 45.6. The van der Waals surface area contributed by atoms with E-state index in [1.807, 2.05) is 21.1 Å². The highest BCUT2D eigenvalue weighted by atomic mass is 31.2. The lowest BCUT2D eigenvalue weighted by molar-refractivity contribution is -0.870. The van der Waals surface area contributed by atoms with E-state index < -0.39 is 20.0 Å². The fraction of sp³-hybridized carbons (Fsp3) is 0.691. The number of rotatable bonds is 45. The summed E-state index contributed by atoms with van der Waals surface area (Å²) in [5, 5.41) is 14.0. The molecule has 0 saturated carbocycles. The van der Waals surface area contributed by atoms with E-state index in [0.29, 0.717) is 30.3 Å². The van der Waals surface area contributed by atoms with Gasteiger partial charge in [-0.05, 0) is 77.0 Å². The van der Waals surface area contributed by atoms with E-state index >= 15 is 0 Å². The Morgan fingerprint density at radius 2 is 0.938 bits per heavy atom. The molecule has 8 nitrogen and oxygen atoms in total. The molecule has 0 aromatic carbocycles. The monoisotopic (exact) mass is 914 g/mol. The molecule has 0 saturated heterocycles. The molecule has 3 unspecified atom stereocenters.